The normalized spacial score (nSPS) is 13.6. The van der Waals surface area contributed by atoms with Gasteiger partial charge in [-0.2, -0.15) is 0 Å². The molecule has 0 aliphatic heterocycles. The van der Waals surface area contributed by atoms with Gasteiger partial charge in [0.2, 0.25) is 11.8 Å². The van der Waals surface area contributed by atoms with E-state index in [-0.39, 0.29) is 36.4 Å². The summed E-state index contributed by atoms with van der Waals surface area (Å²) in [4.78, 5) is 42.4. The van der Waals surface area contributed by atoms with Gasteiger partial charge in [-0.05, 0) is 75.9 Å². The molecule has 0 saturated carbocycles. The second kappa shape index (κ2) is 15.1. The van der Waals surface area contributed by atoms with Gasteiger partial charge in [0.05, 0.1) is 0 Å². The number of alkyl carbamates (subject to hydrolysis) is 1. The van der Waals surface area contributed by atoms with Crippen LogP contribution in [0.15, 0.2) is 48.5 Å². The summed E-state index contributed by atoms with van der Waals surface area (Å²) in [5.41, 5.74) is 0.390. The van der Waals surface area contributed by atoms with E-state index in [2.05, 4.69) is 10.6 Å². The lowest BCUT2D eigenvalue weighted by Crippen LogP contribution is -2.54. The van der Waals surface area contributed by atoms with Gasteiger partial charge in [-0.3, -0.25) is 9.59 Å². The van der Waals surface area contributed by atoms with Crippen molar-refractivity contribution in [2.45, 2.75) is 97.4 Å². The molecule has 9 nitrogen and oxygen atoms in total. The molecule has 40 heavy (non-hydrogen) atoms. The van der Waals surface area contributed by atoms with Gasteiger partial charge in [0.25, 0.3) is 0 Å². The smallest absolute Gasteiger partial charge is 0.408 e. The van der Waals surface area contributed by atoms with Crippen LogP contribution in [-0.2, 0) is 20.7 Å². The Balaban J connectivity index is 2.55. The van der Waals surface area contributed by atoms with Crippen molar-refractivity contribution in [1.29, 1.82) is 0 Å². The number of aromatic hydroxyl groups is 2. The average molecular weight is 556 g/mol. The molecule has 0 fully saturated rings. The third-order valence-electron chi connectivity index (χ3n) is 6.26. The van der Waals surface area contributed by atoms with Crippen molar-refractivity contribution >= 4 is 17.9 Å². The van der Waals surface area contributed by atoms with Gasteiger partial charge in [-0.15, -0.1) is 0 Å². The van der Waals surface area contributed by atoms with E-state index in [1.54, 1.807) is 45.0 Å². The van der Waals surface area contributed by atoms with E-state index >= 15 is 0 Å². The molecule has 4 N–H and O–H groups in total. The van der Waals surface area contributed by atoms with E-state index in [1.165, 1.54) is 29.2 Å². The molecule has 0 bridgehead atoms. The van der Waals surface area contributed by atoms with E-state index < -0.39 is 29.7 Å². The second-order valence-electron chi connectivity index (χ2n) is 11.2. The van der Waals surface area contributed by atoms with Crippen LogP contribution in [0.4, 0.5) is 4.79 Å². The second-order valence-corrected chi connectivity index (χ2v) is 11.2. The number of phenolic OH excluding ortho intramolecular Hbond substituents is 2. The SMILES string of the molecule is CCCCN(C(=O)C(Cc1ccc(O)cc1)NC(=O)OC(C)(C)C)C(C(=O)NC(C)CCC)c1cccc(O)c1. The van der Waals surface area contributed by atoms with E-state index in [0.717, 1.165) is 19.3 Å². The number of phenols is 2. The highest BCUT2D eigenvalue weighted by Crippen LogP contribution is 2.27. The zero-order valence-electron chi connectivity index (χ0n) is 24.6. The quantitative estimate of drug-likeness (QED) is 0.269. The Labute approximate surface area is 237 Å². The lowest BCUT2D eigenvalue weighted by Gasteiger charge is -2.35. The summed E-state index contributed by atoms with van der Waals surface area (Å²) in [5, 5.41) is 25.7. The third-order valence-corrected chi connectivity index (χ3v) is 6.26. The number of hydrogen-bond donors (Lipinski definition) is 4. The Morgan fingerprint density at radius 2 is 1.62 bits per heavy atom. The molecule has 0 aliphatic rings. The van der Waals surface area contributed by atoms with Crippen molar-refractivity contribution in [3.63, 3.8) is 0 Å². The molecule has 0 heterocycles. The zero-order valence-corrected chi connectivity index (χ0v) is 24.6. The lowest BCUT2D eigenvalue weighted by molar-refractivity contribution is -0.142. The third kappa shape index (κ3) is 10.4. The maximum Gasteiger partial charge on any atom is 0.408 e. The first-order chi connectivity index (χ1) is 18.8. The standard InChI is InChI=1S/C31H45N3O6/c1-7-9-18-34(27(23-12-10-13-25(36)20-23)28(37)32-21(3)11-8-2)29(38)26(33-30(39)40-31(4,5)6)19-22-14-16-24(35)17-15-22/h10,12-17,20-21,26-27,35-36H,7-9,11,18-19H2,1-6H3,(H,32,37)(H,33,39). The van der Waals surface area contributed by atoms with E-state index in [0.29, 0.717) is 17.5 Å². The first-order valence-corrected chi connectivity index (χ1v) is 14.0. The summed E-state index contributed by atoms with van der Waals surface area (Å²) in [5.74, 6) is -0.763. The number of hydrogen-bond acceptors (Lipinski definition) is 6. The van der Waals surface area contributed by atoms with E-state index in [4.69, 9.17) is 4.74 Å². The summed E-state index contributed by atoms with van der Waals surface area (Å²) < 4.78 is 5.45. The largest absolute Gasteiger partial charge is 0.508 e. The summed E-state index contributed by atoms with van der Waals surface area (Å²) in [6, 6.07) is 10.5. The molecule has 3 unspecified atom stereocenters. The number of nitrogens with one attached hydrogen (secondary N) is 2. The molecule has 0 spiro atoms. The Morgan fingerprint density at radius 1 is 0.950 bits per heavy atom. The molecule has 2 aromatic rings. The van der Waals surface area contributed by atoms with Gasteiger partial charge in [0, 0.05) is 19.0 Å². The molecular weight excluding hydrogens is 510 g/mol. The van der Waals surface area contributed by atoms with Crippen LogP contribution in [0.1, 0.15) is 84.4 Å². The molecule has 2 aromatic carbocycles. The van der Waals surface area contributed by atoms with Gasteiger partial charge < -0.3 is 30.5 Å². The monoisotopic (exact) mass is 555 g/mol. The van der Waals surface area contributed by atoms with Gasteiger partial charge >= 0.3 is 6.09 Å². The molecule has 0 radical (unpaired) electrons. The number of carbonyl (C=O) groups excluding carboxylic acids is 3. The Bertz CT molecular complexity index is 1110. The first-order valence-electron chi connectivity index (χ1n) is 14.0. The minimum absolute atomic E-state index is 0.0210. The maximum atomic E-state index is 14.3. The molecule has 9 heteroatoms. The number of carbonyl (C=O) groups is 3. The van der Waals surface area contributed by atoms with Gasteiger partial charge in [-0.1, -0.05) is 51.0 Å². The predicted octanol–water partition coefficient (Wildman–Crippen LogP) is 5.21. The molecule has 3 atom stereocenters. The highest BCUT2D eigenvalue weighted by atomic mass is 16.6. The van der Waals surface area contributed by atoms with Crippen LogP contribution < -0.4 is 10.6 Å². The van der Waals surface area contributed by atoms with E-state index in [1.807, 2.05) is 20.8 Å². The van der Waals surface area contributed by atoms with Crippen molar-refractivity contribution in [3.8, 4) is 11.5 Å². The highest BCUT2D eigenvalue weighted by molar-refractivity contribution is 5.92. The topological polar surface area (TPSA) is 128 Å². The number of unbranched alkanes of at least 4 members (excludes halogenated alkanes) is 1. The van der Waals surface area contributed by atoms with Crippen molar-refractivity contribution < 1.29 is 29.3 Å². The Kier molecular flexibility index (Phi) is 12.3. The molecule has 220 valence electrons. The summed E-state index contributed by atoms with van der Waals surface area (Å²) >= 11 is 0. The van der Waals surface area contributed by atoms with Gasteiger partial charge in [-0.25, -0.2) is 4.79 Å². The molecule has 0 aliphatic carbocycles. The van der Waals surface area contributed by atoms with E-state index in [9.17, 15) is 24.6 Å². The number of rotatable bonds is 13. The molecular formula is C31H45N3O6. The number of ether oxygens (including phenoxy) is 1. The first kappa shape index (κ1) is 32.5. The van der Waals surface area contributed by atoms with Crippen LogP contribution in [0.25, 0.3) is 0 Å². The number of amides is 3. The molecule has 3 amide bonds. The number of nitrogens with zero attached hydrogens (tertiary/aromatic N) is 1. The van der Waals surface area contributed by atoms with Crippen LogP contribution in [-0.4, -0.2) is 57.3 Å². The van der Waals surface area contributed by atoms with Crippen LogP contribution in [0.3, 0.4) is 0 Å². The Hall–Kier alpha value is -3.75. The lowest BCUT2D eigenvalue weighted by atomic mass is 9.99. The minimum Gasteiger partial charge on any atom is -0.508 e. The minimum atomic E-state index is -1.06. The summed E-state index contributed by atoms with van der Waals surface area (Å²) in [6.07, 6.45) is 2.40. The fourth-order valence-electron chi connectivity index (χ4n) is 4.41. The van der Waals surface area contributed by atoms with Crippen molar-refractivity contribution in [1.82, 2.24) is 15.5 Å². The van der Waals surface area contributed by atoms with Gasteiger partial charge in [0.15, 0.2) is 0 Å². The van der Waals surface area contributed by atoms with Gasteiger partial charge in [0.1, 0.15) is 29.2 Å². The highest BCUT2D eigenvalue weighted by Gasteiger charge is 2.36. The average Bonchev–Trinajstić information content (AvgIpc) is 2.86. The maximum absolute atomic E-state index is 14.3. The van der Waals surface area contributed by atoms with Crippen LogP contribution >= 0.6 is 0 Å². The fraction of sp³-hybridized carbons (Fsp3) is 0.516. The van der Waals surface area contributed by atoms with Crippen molar-refractivity contribution in [3.05, 3.63) is 59.7 Å². The molecule has 2 rings (SSSR count). The van der Waals surface area contributed by atoms with Crippen molar-refractivity contribution in [2.75, 3.05) is 6.54 Å². The molecule has 0 saturated heterocycles. The Morgan fingerprint density at radius 3 is 2.20 bits per heavy atom. The van der Waals surface area contributed by atoms with Crippen molar-refractivity contribution in [2.24, 2.45) is 0 Å². The van der Waals surface area contributed by atoms with Crippen LogP contribution in [0, 0.1) is 0 Å². The summed E-state index contributed by atoms with van der Waals surface area (Å²) in [6.45, 7) is 11.4. The molecule has 0 aromatic heterocycles. The zero-order chi connectivity index (χ0) is 29.9. The number of benzene rings is 2. The van der Waals surface area contributed by atoms with Crippen LogP contribution in [0.2, 0.25) is 0 Å². The van der Waals surface area contributed by atoms with Crippen LogP contribution in [0.5, 0.6) is 11.5 Å². The predicted molar refractivity (Wildman–Crippen MR) is 155 cm³/mol. The fourth-order valence-corrected chi connectivity index (χ4v) is 4.41. The summed E-state index contributed by atoms with van der Waals surface area (Å²) in [7, 11) is 0.